The van der Waals surface area contributed by atoms with Crippen molar-refractivity contribution in [2.24, 2.45) is 10.9 Å². The van der Waals surface area contributed by atoms with Crippen molar-refractivity contribution in [2.45, 2.75) is 33.9 Å². The third-order valence-electron chi connectivity index (χ3n) is 4.89. The summed E-state index contributed by atoms with van der Waals surface area (Å²) in [5, 5.41) is 9.65. The zero-order valence-corrected chi connectivity index (χ0v) is 15.7. The number of hydrogen-bond donors (Lipinski definition) is 2. The Morgan fingerprint density at radius 1 is 1.15 bits per heavy atom. The third-order valence-corrected chi connectivity index (χ3v) is 4.89. The number of carbonyl (C=O) groups excluding carboxylic acids is 1. The highest BCUT2D eigenvalue weighted by Crippen LogP contribution is 2.29. The number of aliphatic imine (C=N–C) groups is 1. The molecule has 1 aliphatic heterocycles. The summed E-state index contributed by atoms with van der Waals surface area (Å²) < 4.78 is 0. The Morgan fingerprint density at radius 3 is 2.50 bits per heavy atom. The van der Waals surface area contributed by atoms with E-state index < -0.39 is 0 Å². The van der Waals surface area contributed by atoms with Gasteiger partial charge < -0.3 is 15.7 Å². The molecule has 0 unspecified atom stereocenters. The van der Waals surface area contributed by atoms with Crippen LogP contribution in [0.4, 0.5) is 5.69 Å². The van der Waals surface area contributed by atoms with Gasteiger partial charge in [0.25, 0.3) is 5.91 Å². The molecule has 1 aliphatic rings. The number of fused-ring (bicyclic) bond motifs is 1. The van der Waals surface area contributed by atoms with E-state index in [-0.39, 0.29) is 17.6 Å². The Labute approximate surface area is 154 Å². The first-order chi connectivity index (χ1) is 12.3. The van der Waals surface area contributed by atoms with E-state index in [9.17, 15) is 9.90 Å². The van der Waals surface area contributed by atoms with Crippen LogP contribution < -0.4 is 5.73 Å². The fourth-order valence-corrected chi connectivity index (χ4v) is 3.58. The number of nitrogen functional groups attached to an aromatic ring is 1. The SMILES string of the molecule is CN=C(c1cc(C(=O)N2Cc3ccc(O)cc3C2)c(N)cc1C)C(C)C. The van der Waals surface area contributed by atoms with Gasteiger partial charge in [0, 0.05) is 31.5 Å². The smallest absolute Gasteiger partial charge is 0.256 e. The van der Waals surface area contributed by atoms with Gasteiger partial charge in [-0.2, -0.15) is 0 Å². The van der Waals surface area contributed by atoms with Gasteiger partial charge in [-0.1, -0.05) is 19.9 Å². The summed E-state index contributed by atoms with van der Waals surface area (Å²) in [5.74, 6) is 0.374. The molecule has 2 aromatic carbocycles. The number of rotatable bonds is 3. The van der Waals surface area contributed by atoms with Crippen molar-refractivity contribution in [3.8, 4) is 5.75 Å². The van der Waals surface area contributed by atoms with E-state index in [0.29, 0.717) is 24.3 Å². The Bertz CT molecular complexity index is 900. The van der Waals surface area contributed by atoms with E-state index in [2.05, 4.69) is 18.8 Å². The summed E-state index contributed by atoms with van der Waals surface area (Å²) in [4.78, 5) is 19.3. The maximum absolute atomic E-state index is 13.1. The minimum Gasteiger partial charge on any atom is -0.508 e. The van der Waals surface area contributed by atoms with Gasteiger partial charge in [-0.05, 0) is 59.4 Å². The highest BCUT2D eigenvalue weighted by Gasteiger charge is 2.27. The second-order valence-corrected chi connectivity index (χ2v) is 7.13. The first-order valence-electron chi connectivity index (χ1n) is 8.79. The van der Waals surface area contributed by atoms with Crippen molar-refractivity contribution >= 4 is 17.3 Å². The number of aromatic hydroxyl groups is 1. The van der Waals surface area contributed by atoms with Crippen LogP contribution in [0.25, 0.3) is 0 Å². The molecule has 0 bridgehead atoms. The Hall–Kier alpha value is -2.82. The molecule has 5 nitrogen and oxygen atoms in total. The lowest BCUT2D eigenvalue weighted by atomic mass is 9.93. The molecule has 1 heterocycles. The molecule has 0 atom stereocenters. The molecule has 0 fully saturated rings. The van der Waals surface area contributed by atoms with E-state index in [1.807, 2.05) is 25.1 Å². The zero-order valence-electron chi connectivity index (χ0n) is 15.7. The van der Waals surface area contributed by atoms with Crippen LogP contribution in [0.5, 0.6) is 5.75 Å². The van der Waals surface area contributed by atoms with Crippen molar-refractivity contribution in [2.75, 3.05) is 12.8 Å². The van der Waals surface area contributed by atoms with Crippen LogP contribution in [0, 0.1) is 12.8 Å². The van der Waals surface area contributed by atoms with Crippen molar-refractivity contribution < 1.29 is 9.90 Å². The highest BCUT2D eigenvalue weighted by molar-refractivity contribution is 6.07. The monoisotopic (exact) mass is 351 g/mol. The summed E-state index contributed by atoms with van der Waals surface area (Å²) in [7, 11) is 1.77. The first kappa shape index (κ1) is 18.0. The van der Waals surface area contributed by atoms with Gasteiger partial charge in [0.2, 0.25) is 0 Å². The van der Waals surface area contributed by atoms with Crippen LogP contribution in [0.1, 0.15) is 46.5 Å². The predicted molar refractivity (Wildman–Crippen MR) is 105 cm³/mol. The summed E-state index contributed by atoms with van der Waals surface area (Å²) in [5.41, 5.74) is 12.1. The number of nitrogens with two attached hydrogens (primary N) is 1. The van der Waals surface area contributed by atoms with E-state index in [4.69, 9.17) is 5.73 Å². The van der Waals surface area contributed by atoms with Gasteiger partial charge in [0.05, 0.1) is 5.56 Å². The molecule has 1 amide bonds. The molecule has 0 radical (unpaired) electrons. The number of benzene rings is 2. The van der Waals surface area contributed by atoms with Crippen molar-refractivity contribution in [3.63, 3.8) is 0 Å². The molecule has 136 valence electrons. The fraction of sp³-hybridized carbons (Fsp3) is 0.333. The highest BCUT2D eigenvalue weighted by atomic mass is 16.3. The van der Waals surface area contributed by atoms with Crippen LogP contribution in [0.3, 0.4) is 0 Å². The van der Waals surface area contributed by atoms with Gasteiger partial charge >= 0.3 is 0 Å². The summed E-state index contributed by atoms with van der Waals surface area (Å²) in [6, 6.07) is 8.95. The van der Waals surface area contributed by atoms with E-state index in [1.54, 1.807) is 24.1 Å². The summed E-state index contributed by atoms with van der Waals surface area (Å²) in [6.45, 7) is 7.16. The van der Waals surface area contributed by atoms with Crippen molar-refractivity contribution in [1.29, 1.82) is 0 Å². The molecule has 3 N–H and O–H groups in total. The third kappa shape index (κ3) is 3.17. The molecule has 5 heteroatoms. The number of aryl methyl sites for hydroxylation is 1. The average molecular weight is 351 g/mol. The van der Waals surface area contributed by atoms with Crippen molar-refractivity contribution in [3.05, 3.63) is 58.1 Å². The van der Waals surface area contributed by atoms with Gasteiger partial charge in [-0.15, -0.1) is 0 Å². The zero-order chi connectivity index (χ0) is 19.0. The number of nitrogens with zero attached hydrogens (tertiary/aromatic N) is 2. The molecule has 0 saturated heterocycles. The molecular formula is C21H25N3O2. The number of amides is 1. The normalized spacial score (nSPS) is 14.0. The number of phenolic OH excluding ortho intramolecular Hbond substituents is 1. The molecule has 0 aromatic heterocycles. The largest absolute Gasteiger partial charge is 0.508 e. The minimum atomic E-state index is -0.0985. The lowest BCUT2D eigenvalue weighted by molar-refractivity contribution is 0.0752. The quantitative estimate of drug-likeness (QED) is 0.656. The molecule has 2 aromatic rings. The molecule has 3 rings (SSSR count). The van der Waals surface area contributed by atoms with Gasteiger partial charge in [0.1, 0.15) is 5.75 Å². The van der Waals surface area contributed by atoms with Gasteiger partial charge in [0.15, 0.2) is 0 Å². The van der Waals surface area contributed by atoms with Crippen molar-refractivity contribution in [1.82, 2.24) is 4.90 Å². The number of anilines is 1. The van der Waals surface area contributed by atoms with Crippen LogP contribution in [0.2, 0.25) is 0 Å². The van der Waals surface area contributed by atoms with Gasteiger partial charge in [-0.25, -0.2) is 0 Å². The van der Waals surface area contributed by atoms with E-state index in [0.717, 1.165) is 28.0 Å². The Balaban J connectivity index is 1.96. The standard InChI is InChI=1S/C21H25N3O2/c1-12(2)20(23-4)17-9-18(19(22)7-13(17)3)21(26)24-10-14-5-6-16(25)8-15(14)11-24/h5-9,12,25H,10-11,22H2,1-4H3. The second kappa shape index (κ2) is 6.83. The number of carbonyl (C=O) groups is 1. The van der Waals surface area contributed by atoms with Crippen LogP contribution >= 0.6 is 0 Å². The van der Waals surface area contributed by atoms with Crippen LogP contribution in [-0.2, 0) is 13.1 Å². The molecular weight excluding hydrogens is 326 g/mol. The molecule has 0 aliphatic carbocycles. The fourth-order valence-electron chi connectivity index (χ4n) is 3.58. The maximum atomic E-state index is 13.1. The number of hydrogen-bond acceptors (Lipinski definition) is 4. The summed E-state index contributed by atoms with van der Waals surface area (Å²) >= 11 is 0. The van der Waals surface area contributed by atoms with Crippen LogP contribution in [-0.4, -0.2) is 28.7 Å². The second-order valence-electron chi connectivity index (χ2n) is 7.13. The number of phenols is 1. The lowest BCUT2D eigenvalue weighted by Crippen LogP contribution is -2.27. The predicted octanol–water partition coefficient (Wildman–Crippen LogP) is 3.51. The Kier molecular flexibility index (Phi) is 4.72. The minimum absolute atomic E-state index is 0.0985. The van der Waals surface area contributed by atoms with Gasteiger partial charge in [-0.3, -0.25) is 9.79 Å². The van der Waals surface area contributed by atoms with E-state index in [1.165, 1.54) is 0 Å². The summed E-state index contributed by atoms with van der Waals surface area (Å²) in [6.07, 6.45) is 0. The lowest BCUT2D eigenvalue weighted by Gasteiger charge is -2.20. The first-order valence-corrected chi connectivity index (χ1v) is 8.79. The Morgan fingerprint density at radius 2 is 1.85 bits per heavy atom. The topological polar surface area (TPSA) is 78.9 Å². The molecule has 0 spiro atoms. The maximum Gasteiger partial charge on any atom is 0.256 e. The van der Waals surface area contributed by atoms with E-state index >= 15 is 0 Å². The van der Waals surface area contributed by atoms with Crippen LogP contribution in [0.15, 0.2) is 35.3 Å². The molecule has 0 saturated carbocycles. The molecule has 26 heavy (non-hydrogen) atoms. The average Bonchev–Trinajstić information content (AvgIpc) is 2.99.